The Labute approximate surface area is 150 Å². The summed E-state index contributed by atoms with van der Waals surface area (Å²) in [7, 11) is 0. The largest absolute Gasteiger partial charge is 0.297 e. The SMILES string of the molecule is C=CCN1CCN(CC=C(C)CCC=C(C)CCC=C(C)C)CC1. The van der Waals surface area contributed by atoms with Gasteiger partial charge in [-0.2, -0.15) is 0 Å². The molecule has 0 spiro atoms. The molecule has 2 nitrogen and oxygen atoms in total. The van der Waals surface area contributed by atoms with Gasteiger partial charge in [-0.1, -0.05) is 41.0 Å². The summed E-state index contributed by atoms with van der Waals surface area (Å²) in [5.74, 6) is 0. The van der Waals surface area contributed by atoms with Crippen molar-refractivity contribution in [3.63, 3.8) is 0 Å². The number of nitrogens with zero attached hydrogens (tertiary/aromatic N) is 2. The van der Waals surface area contributed by atoms with Crippen LogP contribution in [0.2, 0.25) is 0 Å². The molecule has 0 aromatic carbocycles. The van der Waals surface area contributed by atoms with E-state index in [1.807, 2.05) is 6.08 Å². The fourth-order valence-corrected chi connectivity index (χ4v) is 2.96. The second-order valence-electron chi connectivity index (χ2n) is 7.35. The van der Waals surface area contributed by atoms with Crippen LogP contribution >= 0.6 is 0 Å². The smallest absolute Gasteiger partial charge is 0.0166 e. The minimum absolute atomic E-state index is 1.03. The standard InChI is InChI=1S/C22H38N2/c1-6-14-23-16-18-24(19-17-23)15-13-22(5)12-8-11-21(4)10-7-9-20(2)3/h6,9,11,13H,1,7-8,10,12,14-19H2,2-5H3. The zero-order valence-corrected chi connectivity index (χ0v) is 16.5. The van der Waals surface area contributed by atoms with Gasteiger partial charge < -0.3 is 0 Å². The van der Waals surface area contributed by atoms with Gasteiger partial charge in [-0.15, -0.1) is 6.58 Å². The first kappa shape index (κ1) is 20.9. The van der Waals surface area contributed by atoms with Gasteiger partial charge in [0, 0.05) is 39.3 Å². The zero-order valence-electron chi connectivity index (χ0n) is 16.5. The minimum atomic E-state index is 1.03. The molecule has 0 atom stereocenters. The highest BCUT2D eigenvalue weighted by Crippen LogP contribution is 2.12. The molecule has 0 amide bonds. The van der Waals surface area contributed by atoms with Crippen LogP contribution in [0.4, 0.5) is 0 Å². The van der Waals surface area contributed by atoms with Crippen molar-refractivity contribution in [2.75, 3.05) is 39.3 Å². The van der Waals surface area contributed by atoms with Crippen molar-refractivity contribution in [2.24, 2.45) is 0 Å². The van der Waals surface area contributed by atoms with E-state index in [2.05, 4.69) is 62.3 Å². The second-order valence-corrected chi connectivity index (χ2v) is 7.35. The van der Waals surface area contributed by atoms with Gasteiger partial charge >= 0.3 is 0 Å². The van der Waals surface area contributed by atoms with Crippen LogP contribution in [0, 0.1) is 0 Å². The van der Waals surface area contributed by atoms with Crippen LogP contribution in [0.3, 0.4) is 0 Å². The normalized spacial score (nSPS) is 17.8. The molecule has 0 saturated carbocycles. The van der Waals surface area contributed by atoms with Crippen LogP contribution in [-0.4, -0.2) is 49.1 Å². The predicted molar refractivity (Wildman–Crippen MR) is 108 cm³/mol. The first-order valence-electron chi connectivity index (χ1n) is 9.51. The van der Waals surface area contributed by atoms with Gasteiger partial charge in [0.1, 0.15) is 0 Å². The fourth-order valence-electron chi connectivity index (χ4n) is 2.96. The van der Waals surface area contributed by atoms with Crippen molar-refractivity contribution in [3.8, 4) is 0 Å². The monoisotopic (exact) mass is 330 g/mol. The van der Waals surface area contributed by atoms with Crippen LogP contribution in [0.5, 0.6) is 0 Å². The summed E-state index contributed by atoms with van der Waals surface area (Å²) < 4.78 is 0. The Hall–Kier alpha value is -1.12. The van der Waals surface area contributed by atoms with E-state index in [0.717, 1.165) is 13.1 Å². The van der Waals surface area contributed by atoms with Gasteiger partial charge in [0.2, 0.25) is 0 Å². The average Bonchev–Trinajstić information content (AvgIpc) is 2.54. The molecule has 24 heavy (non-hydrogen) atoms. The quantitative estimate of drug-likeness (QED) is 0.507. The summed E-state index contributed by atoms with van der Waals surface area (Å²) in [5.41, 5.74) is 4.47. The molecule has 1 heterocycles. The Kier molecular flexibility index (Phi) is 10.7. The maximum absolute atomic E-state index is 3.83. The lowest BCUT2D eigenvalue weighted by Crippen LogP contribution is -2.46. The van der Waals surface area contributed by atoms with Crippen molar-refractivity contribution in [2.45, 2.75) is 53.4 Å². The lowest BCUT2D eigenvalue weighted by atomic mass is 10.1. The third-order valence-electron chi connectivity index (χ3n) is 4.67. The molecule has 0 unspecified atom stereocenters. The molecule has 1 fully saturated rings. The highest BCUT2D eigenvalue weighted by Gasteiger charge is 2.14. The zero-order chi connectivity index (χ0) is 17.8. The number of hydrogen-bond acceptors (Lipinski definition) is 2. The molecular formula is C22H38N2. The molecule has 2 heteroatoms. The predicted octanol–water partition coefficient (Wildman–Crippen LogP) is 5.21. The lowest BCUT2D eigenvalue weighted by molar-refractivity contribution is 0.153. The van der Waals surface area contributed by atoms with Gasteiger partial charge in [-0.3, -0.25) is 9.80 Å². The number of rotatable bonds is 10. The van der Waals surface area contributed by atoms with Crippen molar-refractivity contribution < 1.29 is 0 Å². The summed E-state index contributed by atoms with van der Waals surface area (Å²) in [5, 5.41) is 0. The van der Waals surface area contributed by atoms with Gasteiger partial charge in [0.05, 0.1) is 0 Å². The summed E-state index contributed by atoms with van der Waals surface area (Å²) >= 11 is 0. The van der Waals surface area contributed by atoms with E-state index in [9.17, 15) is 0 Å². The maximum atomic E-state index is 3.83. The number of piperazine rings is 1. The average molecular weight is 331 g/mol. The summed E-state index contributed by atoms with van der Waals surface area (Å²) in [6, 6.07) is 0. The summed E-state index contributed by atoms with van der Waals surface area (Å²) in [4.78, 5) is 5.03. The molecule has 0 aromatic rings. The Bertz CT molecular complexity index is 445. The molecule has 136 valence electrons. The van der Waals surface area contributed by atoms with E-state index >= 15 is 0 Å². The Morgan fingerprint density at radius 2 is 1.25 bits per heavy atom. The minimum Gasteiger partial charge on any atom is -0.297 e. The van der Waals surface area contributed by atoms with Crippen LogP contribution < -0.4 is 0 Å². The third kappa shape index (κ3) is 9.89. The maximum Gasteiger partial charge on any atom is 0.0166 e. The summed E-state index contributed by atoms with van der Waals surface area (Å²) in [6.45, 7) is 19.6. The van der Waals surface area contributed by atoms with Crippen molar-refractivity contribution >= 4 is 0 Å². The molecular weight excluding hydrogens is 292 g/mol. The molecule has 0 aromatic heterocycles. The summed E-state index contributed by atoms with van der Waals surface area (Å²) in [6.07, 6.45) is 13.9. The molecule has 0 radical (unpaired) electrons. The van der Waals surface area contributed by atoms with Crippen molar-refractivity contribution in [1.82, 2.24) is 9.80 Å². The van der Waals surface area contributed by atoms with E-state index in [0.29, 0.717) is 0 Å². The van der Waals surface area contributed by atoms with Crippen molar-refractivity contribution in [1.29, 1.82) is 0 Å². The molecule has 1 aliphatic heterocycles. The molecule has 1 saturated heterocycles. The first-order valence-corrected chi connectivity index (χ1v) is 9.51. The fraction of sp³-hybridized carbons (Fsp3) is 0.636. The van der Waals surface area contributed by atoms with Crippen LogP contribution in [0.15, 0.2) is 47.6 Å². The van der Waals surface area contributed by atoms with Crippen molar-refractivity contribution in [3.05, 3.63) is 47.6 Å². The number of hydrogen-bond donors (Lipinski definition) is 0. The Balaban J connectivity index is 2.20. The van der Waals surface area contributed by atoms with Crippen LogP contribution in [0.25, 0.3) is 0 Å². The highest BCUT2D eigenvalue weighted by molar-refractivity contribution is 5.06. The highest BCUT2D eigenvalue weighted by atomic mass is 15.3. The van der Waals surface area contributed by atoms with E-state index in [1.165, 1.54) is 68.6 Å². The first-order chi connectivity index (χ1) is 11.5. The van der Waals surface area contributed by atoms with E-state index < -0.39 is 0 Å². The lowest BCUT2D eigenvalue weighted by Gasteiger charge is -2.33. The van der Waals surface area contributed by atoms with Gasteiger partial charge in [-0.05, 0) is 53.4 Å². The van der Waals surface area contributed by atoms with Crippen LogP contribution in [0.1, 0.15) is 53.4 Å². The Morgan fingerprint density at radius 3 is 1.79 bits per heavy atom. The molecule has 1 aliphatic rings. The van der Waals surface area contributed by atoms with E-state index in [1.54, 1.807) is 0 Å². The molecule has 0 N–H and O–H groups in total. The van der Waals surface area contributed by atoms with E-state index in [4.69, 9.17) is 0 Å². The Morgan fingerprint density at radius 1 is 0.750 bits per heavy atom. The van der Waals surface area contributed by atoms with Gasteiger partial charge in [0.25, 0.3) is 0 Å². The van der Waals surface area contributed by atoms with Gasteiger partial charge in [-0.25, -0.2) is 0 Å². The van der Waals surface area contributed by atoms with E-state index in [-0.39, 0.29) is 0 Å². The van der Waals surface area contributed by atoms with Gasteiger partial charge in [0.15, 0.2) is 0 Å². The molecule has 0 bridgehead atoms. The van der Waals surface area contributed by atoms with Crippen LogP contribution in [-0.2, 0) is 0 Å². The topological polar surface area (TPSA) is 6.48 Å². The number of allylic oxidation sites excluding steroid dienone is 5. The second kappa shape index (κ2) is 12.3. The molecule has 1 rings (SSSR count). The third-order valence-corrected chi connectivity index (χ3v) is 4.67. The molecule has 0 aliphatic carbocycles.